The molecule has 2 saturated carbocycles. The van der Waals surface area contributed by atoms with Crippen molar-refractivity contribution in [3.05, 3.63) is 0 Å². The van der Waals surface area contributed by atoms with E-state index in [0.29, 0.717) is 12.1 Å². The highest BCUT2D eigenvalue weighted by molar-refractivity contribution is 4.86. The van der Waals surface area contributed by atoms with E-state index in [0.717, 1.165) is 12.3 Å². The van der Waals surface area contributed by atoms with Crippen molar-refractivity contribution in [2.24, 2.45) is 5.92 Å². The first-order valence-corrected chi connectivity index (χ1v) is 7.23. The first-order valence-electron chi connectivity index (χ1n) is 7.23. The van der Waals surface area contributed by atoms with Crippen molar-refractivity contribution in [3.63, 3.8) is 0 Å². The Morgan fingerprint density at radius 1 is 1.06 bits per heavy atom. The molecule has 0 aromatic heterocycles. The maximum atomic E-state index is 9.96. The summed E-state index contributed by atoms with van der Waals surface area (Å²) < 4.78 is 0. The monoisotopic (exact) mass is 225 g/mol. The number of rotatable bonds is 3. The van der Waals surface area contributed by atoms with Crippen molar-refractivity contribution in [3.8, 4) is 0 Å². The summed E-state index contributed by atoms with van der Waals surface area (Å²) in [4.78, 5) is 0. The first-order chi connectivity index (χ1) is 7.79. The van der Waals surface area contributed by atoms with Crippen molar-refractivity contribution < 1.29 is 5.11 Å². The lowest BCUT2D eigenvalue weighted by molar-refractivity contribution is 0.0786. The topological polar surface area (TPSA) is 32.3 Å². The Morgan fingerprint density at radius 3 is 2.62 bits per heavy atom. The van der Waals surface area contributed by atoms with Crippen LogP contribution in [0, 0.1) is 5.92 Å². The zero-order valence-electron chi connectivity index (χ0n) is 10.6. The summed E-state index contributed by atoms with van der Waals surface area (Å²) in [6.07, 6.45) is 11.4. The summed E-state index contributed by atoms with van der Waals surface area (Å²) in [5.74, 6) is 0.923. The number of nitrogens with one attached hydrogen (secondary N) is 1. The third kappa shape index (κ3) is 3.21. The molecule has 2 fully saturated rings. The highest BCUT2D eigenvalue weighted by Gasteiger charge is 2.27. The predicted molar refractivity (Wildman–Crippen MR) is 67.4 cm³/mol. The number of aliphatic hydroxyl groups is 1. The van der Waals surface area contributed by atoms with Gasteiger partial charge in [-0.2, -0.15) is 0 Å². The predicted octanol–water partition coefficient (Wildman–Crippen LogP) is 2.85. The molecule has 0 amide bonds. The fraction of sp³-hybridized carbons (Fsp3) is 1.00. The van der Waals surface area contributed by atoms with Gasteiger partial charge in [0.1, 0.15) is 0 Å². The fourth-order valence-electron chi connectivity index (χ4n) is 3.42. The van der Waals surface area contributed by atoms with Gasteiger partial charge >= 0.3 is 0 Å². The molecule has 2 nitrogen and oxygen atoms in total. The van der Waals surface area contributed by atoms with Gasteiger partial charge in [-0.25, -0.2) is 0 Å². The van der Waals surface area contributed by atoms with Crippen molar-refractivity contribution >= 4 is 0 Å². The van der Waals surface area contributed by atoms with Crippen LogP contribution in [0.1, 0.15) is 64.7 Å². The highest BCUT2D eigenvalue weighted by Crippen LogP contribution is 2.28. The largest absolute Gasteiger partial charge is 0.392 e. The number of aliphatic hydroxyl groups excluding tert-OH is 1. The Balaban J connectivity index is 1.79. The van der Waals surface area contributed by atoms with Crippen LogP contribution < -0.4 is 5.32 Å². The third-order valence-corrected chi connectivity index (χ3v) is 4.54. The summed E-state index contributed by atoms with van der Waals surface area (Å²) >= 11 is 0. The number of hydrogen-bond donors (Lipinski definition) is 2. The molecule has 0 saturated heterocycles. The van der Waals surface area contributed by atoms with Gasteiger partial charge in [-0.05, 0) is 31.6 Å². The first kappa shape index (κ1) is 12.4. The van der Waals surface area contributed by atoms with Crippen molar-refractivity contribution in [2.75, 3.05) is 0 Å². The molecular formula is C14H27NO. The second-order valence-electron chi connectivity index (χ2n) is 5.76. The average Bonchev–Trinajstić information content (AvgIpc) is 2.32. The molecule has 16 heavy (non-hydrogen) atoms. The van der Waals surface area contributed by atoms with Gasteiger partial charge in [0, 0.05) is 12.1 Å². The molecule has 2 aliphatic rings. The van der Waals surface area contributed by atoms with Gasteiger partial charge in [-0.3, -0.25) is 0 Å². The van der Waals surface area contributed by atoms with Crippen LogP contribution in [0.2, 0.25) is 0 Å². The van der Waals surface area contributed by atoms with Crippen LogP contribution in [0.4, 0.5) is 0 Å². The Kier molecular flexibility index (Phi) is 4.66. The fourth-order valence-corrected chi connectivity index (χ4v) is 3.42. The summed E-state index contributed by atoms with van der Waals surface area (Å²) in [6.45, 7) is 2.31. The van der Waals surface area contributed by atoms with E-state index in [-0.39, 0.29) is 6.10 Å². The molecule has 2 aliphatic carbocycles. The molecule has 2 heteroatoms. The molecule has 2 N–H and O–H groups in total. The van der Waals surface area contributed by atoms with Crippen LogP contribution in [0.3, 0.4) is 0 Å². The summed E-state index contributed by atoms with van der Waals surface area (Å²) in [6, 6.07) is 1.06. The Labute approximate surface area is 99.8 Å². The van der Waals surface area contributed by atoms with Crippen molar-refractivity contribution in [1.82, 2.24) is 5.32 Å². The standard InChI is InChI=1S/C14H27NO/c1-2-11-6-5-7-12(10-11)15-13-8-3-4-9-14(13)16/h11-16H,2-10H2,1H3. The van der Waals surface area contributed by atoms with E-state index in [2.05, 4.69) is 12.2 Å². The molecule has 0 bridgehead atoms. The van der Waals surface area contributed by atoms with Crippen LogP contribution in [0.5, 0.6) is 0 Å². The Bertz CT molecular complexity index is 207. The molecular weight excluding hydrogens is 198 g/mol. The van der Waals surface area contributed by atoms with Crippen molar-refractivity contribution in [2.45, 2.75) is 82.9 Å². The molecule has 2 rings (SSSR count). The molecule has 0 aliphatic heterocycles. The van der Waals surface area contributed by atoms with E-state index in [9.17, 15) is 5.11 Å². The molecule has 0 heterocycles. The smallest absolute Gasteiger partial charge is 0.0693 e. The van der Waals surface area contributed by atoms with Crippen LogP contribution in [0.15, 0.2) is 0 Å². The Morgan fingerprint density at radius 2 is 1.88 bits per heavy atom. The maximum Gasteiger partial charge on any atom is 0.0693 e. The SMILES string of the molecule is CCC1CCCC(NC2CCCCC2O)C1. The molecule has 0 radical (unpaired) electrons. The third-order valence-electron chi connectivity index (χ3n) is 4.54. The van der Waals surface area contributed by atoms with E-state index in [1.807, 2.05) is 0 Å². The van der Waals surface area contributed by atoms with E-state index >= 15 is 0 Å². The van der Waals surface area contributed by atoms with Crippen molar-refractivity contribution in [1.29, 1.82) is 0 Å². The quantitative estimate of drug-likeness (QED) is 0.774. The summed E-state index contributed by atoms with van der Waals surface area (Å²) in [7, 11) is 0. The normalized spacial score (nSPS) is 40.9. The van der Waals surface area contributed by atoms with Crippen LogP contribution in [0.25, 0.3) is 0 Å². The van der Waals surface area contributed by atoms with Gasteiger partial charge in [0.2, 0.25) is 0 Å². The summed E-state index contributed by atoms with van der Waals surface area (Å²) in [5.41, 5.74) is 0. The average molecular weight is 225 g/mol. The minimum Gasteiger partial charge on any atom is -0.392 e. The van der Waals surface area contributed by atoms with Crippen LogP contribution in [-0.2, 0) is 0 Å². The Hall–Kier alpha value is -0.0800. The van der Waals surface area contributed by atoms with E-state index in [1.54, 1.807) is 0 Å². The molecule has 0 aromatic carbocycles. The van der Waals surface area contributed by atoms with Crippen LogP contribution >= 0.6 is 0 Å². The zero-order chi connectivity index (χ0) is 11.4. The molecule has 94 valence electrons. The minimum atomic E-state index is -0.0873. The highest BCUT2D eigenvalue weighted by atomic mass is 16.3. The maximum absolute atomic E-state index is 9.96. The van der Waals surface area contributed by atoms with Gasteiger partial charge < -0.3 is 10.4 Å². The molecule has 0 spiro atoms. The summed E-state index contributed by atoms with van der Waals surface area (Å²) in [5, 5.41) is 13.7. The van der Waals surface area contributed by atoms with Gasteiger partial charge in [-0.1, -0.05) is 39.0 Å². The van der Waals surface area contributed by atoms with Gasteiger partial charge in [0.25, 0.3) is 0 Å². The van der Waals surface area contributed by atoms with Gasteiger partial charge in [0.05, 0.1) is 6.10 Å². The van der Waals surface area contributed by atoms with Gasteiger partial charge in [-0.15, -0.1) is 0 Å². The lowest BCUT2D eigenvalue weighted by atomic mass is 9.83. The van der Waals surface area contributed by atoms with Gasteiger partial charge in [0.15, 0.2) is 0 Å². The second-order valence-corrected chi connectivity index (χ2v) is 5.76. The zero-order valence-corrected chi connectivity index (χ0v) is 10.6. The van der Waals surface area contributed by atoms with E-state index < -0.39 is 0 Å². The minimum absolute atomic E-state index is 0.0873. The second kappa shape index (κ2) is 6.02. The van der Waals surface area contributed by atoms with Crippen LogP contribution in [-0.4, -0.2) is 23.3 Å². The molecule has 4 unspecified atom stereocenters. The lowest BCUT2D eigenvalue weighted by Crippen LogP contribution is -2.48. The lowest BCUT2D eigenvalue weighted by Gasteiger charge is -2.36. The molecule has 0 aromatic rings. The van der Waals surface area contributed by atoms with E-state index in [4.69, 9.17) is 0 Å². The molecule has 4 atom stereocenters. The number of hydrogen-bond acceptors (Lipinski definition) is 2. The van der Waals surface area contributed by atoms with E-state index in [1.165, 1.54) is 51.4 Å².